The second-order valence-electron chi connectivity index (χ2n) is 7.15. The second-order valence-corrected chi connectivity index (χ2v) is 7.15. The van der Waals surface area contributed by atoms with E-state index in [0.29, 0.717) is 6.04 Å². The molecule has 1 aliphatic carbocycles. The molecule has 2 aromatic carbocycles. The Labute approximate surface area is 128 Å². The number of fused-ring (bicyclic) bond motifs is 1. The van der Waals surface area contributed by atoms with Crippen molar-refractivity contribution in [3.8, 4) is 0 Å². The Balaban J connectivity index is 1.80. The second kappa shape index (κ2) is 5.55. The van der Waals surface area contributed by atoms with E-state index in [4.69, 9.17) is 0 Å². The maximum Gasteiger partial charge on any atom is 0.0380 e. The first-order valence-corrected chi connectivity index (χ1v) is 7.97. The standard InChI is InChI=1S/C20H25N/c1-20(2,3)18-10-6-7-11-19(18)21-17-13-12-15-8-4-5-9-16(15)14-17/h4-11,17,21H,12-14H2,1-3H3. The molecule has 0 saturated carbocycles. The average Bonchev–Trinajstić information content (AvgIpc) is 2.46. The number of anilines is 1. The summed E-state index contributed by atoms with van der Waals surface area (Å²) in [6.45, 7) is 6.84. The van der Waals surface area contributed by atoms with E-state index in [-0.39, 0.29) is 5.41 Å². The molecule has 1 nitrogen and oxygen atoms in total. The van der Waals surface area contributed by atoms with Gasteiger partial charge in [0.2, 0.25) is 0 Å². The van der Waals surface area contributed by atoms with Gasteiger partial charge >= 0.3 is 0 Å². The molecule has 0 fully saturated rings. The van der Waals surface area contributed by atoms with E-state index in [2.05, 4.69) is 74.6 Å². The van der Waals surface area contributed by atoms with Crippen LogP contribution in [0.1, 0.15) is 43.9 Å². The van der Waals surface area contributed by atoms with Crippen LogP contribution in [-0.2, 0) is 18.3 Å². The molecular weight excluding hydrogens is 254 g/mol. The maximum absolute atomic E-state index is 3.80. The molecule has 1 atom stereocenters. The van der Waals surface area contributed by atoms with E-state index in [1.807, 2.05) is 0 Å². The zero-order valence-corrected chi connectivity index (χ0v) is 13.3. The summed E-state index contributed by atoms with van der Waals surface area (Å²) in [5.74, 6) is 0. The van der Waals surface area contributed by atoms with Crippen LogP contribution in [0.25, 0.3) is 0 Å². The van der Waals surface area contributed by atoms with E-state index in [9.17, 15) is 0 Å². The third-order valence-electron chi connectivity index (χ3n) is 4.44. The van der Waals surface area contributed by atoms with E-state index in [1.54, 1.807) is 0 Å². The van der Waals surface area contributed by atoms with E-state index < -0.39 is 0 Å². The Morgan fingerprint density at radius 2 is 1.57 bits per heavy atom. The zero-order chi connectivity index (χ0) is 14.9. The molecule has 0 spiro atoms. The van der Waals surface area contributed by atoms with Gasteiger partial charge in [0.25, 0.3) is 0 Å². The van der Waals surface area contributed by atoms with Crippen molar-refractivity contribution in [3.05, 3.63) is 65.2 Å². The highest BCUT2D eigenvalue weighted by atomic mass is 14.9. The molecule has 0 bridgehead atoms. The molecular formula is C20H25N. The molecule has 110 valence electrons. The van der Waals surface area contributed by atoms with Gasteiger partial charge in [-0.05, 0) is 47.4 Å². The zero-order valence-electron chi connectivity index (χ0n) is 13.3. The van der Waals surface area contributed by atoms with Gasteiger partial charge in [0, 0.05) is 11.7 Å². The fraction of sp³-hybridized carbons (Fsp3) is 0.400. The molecule has 0 saturated heterocycles. The average molecular weight is 279 g/mol. The number of para-hydroxylation sites is 1. The highest BCUT2D eigenvalue weighted by molar-refractivity contribution is 5.55. The van der Waals surface area contributed by atoms with Crippen molar-refractivity contribution in [3.63, 3.8) is 0 Å². The molecule has 21 heavy (non-hydrogen) atoms. The van der Waals surface area contributed by atoms with Crippen LogP contribution in [0, 0.1) is 0 Å². The predicted octanol–water partition coefficient (Wildman–Crippen LogP) is 4.95. The van der Waals surface area contributed by atoms with Crippen LogP contribution in [0.4, 0.5) is 5.69 Å². The molecule has 3 rings (SSSR count). The van der Waals surface area contributed by atoms with Crippen LogP contribution in [0.15, 0.2) is 48.5 Å². The Hall–Kier alpha value is -1.76. The van der Waals surface area contributed by atoms with Crippen molar-refractivity contribution in [2.45, 2.75) is 51.5 Å². The largest absolute Gasteiger partial charge is 0.382 e. The molecule has 0 radical (unpaired) electrons. The minimum absolute atomic E-state index is 0.177. The summed E-state index contributed by atoms with van der Waals surface area (Å²) >= 11 is 0. The lowest BCUT2D eigenvalue weighted by molar-refractivity contribution is 0.581. The van der Waals surface area contributed by atoms with Crippen LogP contribution in [0.2, 0.25) is 0 Å². The summed E-state index contributed by atoms with van der Waals surface area (Å²) in [6.07, 6.45) is 3.54. The minimum Gasteiger partial charge on any atom is -0.382 e. The Morgan fingerprint density at radius 3 is 2.33 bits per heavy atom. The summed E-state index contributed by atoms with van der Waals surface area (Å²) in [7, 11) is 0. The van der Waals surface area contributed by atoms with Crippen molar-refractivity contribution in [1.82, 2.24) is 0 Å². The van der Waals surface area contributed by atoms with Crippen LogP contribution < -0.4 is 5.32 Å². The Morgan fingerprint density at radius 1 is 0.905 bits per heavy atom. The van der Waals surface area contributed by atoms with Crippen molar-refractivity contribution in [2.24, 2.45) is 0 Å². The van der Waals surface area contributed by atoms with Crippen LogP contribution in [-0.4, -0.2) is 6.04 Å². The highest BCUT2D eigenvalue weighted by Gasteiger charge is 2.22. The van der Waals surface area contributed by atoms with Gasteiger partial charge in [-0.1, -0.05) is 63.2 Å². The monoisotopic (exact) mass is 279 g/mol. The molecule has 0 aromatic heterocycles. The van der Waals surface area contributed by atoms with Gasteiger partial charge in [-0.3, -0.25) is 0 Å². The fourth-order valence-corrected chi connectivity index (χ4v) is 3.30. The molecule has 1 N–H and O–H groups in total. The van der Waals surface area contributed by atoms with Gasteiger partial charge in [-0.25, -0.2) is 0 Å². The number of hydrogen-bond donors (Lipinski definition) is 1. The maximum atomic E-state index is 3.80. The molecule has 0 aliphatic heterocycles. The van der Waals surface area contributed by atoms with E-state index in [0.717, 1.165) is 6.42 Å². The van der Waals surface area contributed by atoms with E-state index in [1.165, 1.54) is 35.2 Å². The lowest BCUT2D eigenvalue weighted by atomic mass is 9.84. The summed E-state index contributed by atoms with van der Waals surface area (Å²) in [6, 6.07) is 18.2. The van der Waals surface area contributed by atoms with E-state index >= 15 is 0 Å². The van der Waals surface area contributed by atoms with Crippen molar-refractivity contribution >= 4 is 5.69 Å². The first-order valence-electron chi connectivity index (χ1n) is 7.97. The molecule has 2 aromatic rings. The van der Waals surface area contributed by atoms with Gasteiger partial charge in [0.15, 0.2) is 0 Å². The van der Waals surface area contributed by atoms with Crippen LogP contribution in [0.3, 0.4) is 0 Å². The fourth-order valence-electron chi connectivity index (χ4n) is 3.30. The van der Waals surface area contributed by atoms with Crippen molar-refractivity contribution in [2.75, 3.05) is 5.32 Å². The number of hydrogen-bond acceptors (Lipinski definition) is 1. The van der Waals surface area contributed by atoms with Crippen LogP contribution in [0.5, 0.6) is 0 Å². The van der Waals surface area contributed by atoms with Crippen LogP contribution >= 0.6 is 0 Å². The van der Waals surface area contributed by atoms with Gasteiger partial charge in [-0.15, -0.1) is 0 Å². The third kappa shape index (κ3) is 3.12. The molecule has 1 heteroatoms. The SMILES string of the molecule is CC(C)(C)c1ccccc1NC1CCc2ccccc2C1. The Bertz CT molecular complexity index is 622. The quantitative estimate of drug-likeness (QED) is 0.820. The molecule has 0 heterocycles. The third-order valence-corrected chi connectivity index (χ3v) is 4.44. The topological polar surface area (TPSA) is 12.0 Å². The predicted molar refractivity (Wildman–Crippen MR) is 91.0 cm³/mol. The first-order chi connectivity index (χ1) is 10.0. The summed E-state index contributed by atoms with van der Waals surface area (Å²) in [5, 5.41) is 3.80. The molecule has 1 unspecified atom stereocenters. The van der Waals surface area contributed by atoms with Crippen molar-refractivity contribution in [1.29, 1.82) is 0 Å². The van der Waals surface area contributed by atoms with Crippen molar-refractivity contribution < 1.29 is 0 Å². The number of aryl methyl sites for hydroxylation is 1. The number of benzene rings is 2. The minimum atomic E-state index is 0.177. The van der Waals surface area contributed by atoms with Gasteiger partial charge in [-0.2, -0.15) is 0 Å². The first kappa shape index (κ1) is 14.2. The summed E-state index contributed by atoms with van der Waals surface area (Å²) < 4.78 is 0. The summed E-state index contributed by atoms with van der Waals surface area (Å²) in [4.78, 5) is 0. The normalized spacial score (nSPS) is 18.1. The van der Waals surface area contributed by atoms with Gasteiger partial charge in [0.05, 0.1) is 0 Å². The molecule has 1 aliphatic rings. The smallest absolute Gasteiger partial charge is 0.0380 e. The highest BCUT2D eigenvalue weighted by Crippen LogP contribution is 2.31. The lowest BCUT2D eigenvalue weighted by Gasteiger charge is -2.30. The number of nitrogens with one attached hydrogen (secondary N) is 1. The summed E-state index contributed by atoms with van der Waals surface area (Å²) in [5.41, 5.74) is 5.92. The lowest BCUT2D eigenvalue weighted by Crippen LogP contribution is -2.28. The van der Waals surface area contributed by atoms with Gasteiger partial charge in [0.1, 0.15) is 0 Å². The Kier molecular flexibility index (Phi) is 3.75. The number of rotatable bonds is 2. The molecule has 0 amide bonds. The van der Waals surface area contributed by atoms with Gasteiger partial charge < -0.3 is 5.32 Å².